The highest BCUT2D eigenvalue weighted by Gasteiger charge is 2.32. The van der Waals surface area contributed by atoms with E-state index < -0.39 is 0 Å². The molecule has 2 aliphatic heterocycles. The molecule has 2 aromatic rings. The molecule has 0 radical (unpaired) electrons. The summed E-state index contributed by atoms with van der Waals surface area (Å²) in [7, 11) is 0. The molecule has 29 heavy (non-hydrogen) atoms. The van der Waals surface area contributed by atoms with E-state index in [0.717, 1.165) is 50.2 Å². The van der Waals surface area contributed by atoms with E-state index in [4.69, 9.17) is 4.52 Å². The summed E-state index contributed by atoms with van der Waals surface area (Å²) in [5.74, 6) is 1.61. The van der Waals surface area contributed by atoms with Crippen LogP contribution in [0.25, 0.3) is 0 Å². The molecule has 8 heteroatoms. The lowest BCUT2D eigenvalue weighted by Gasteiger charge is -2.43. The predicted molar refractivity (Wildman–Crippen MR) is 108 cm³/mol. The van der Waals surface area contributed by atoms with Gasteiger partial charge < -0.3 is 14.3 Å². The molecule has 1 amide bonds. The number of fused-ring (bicyclic) bond motifs is 1. The van der Waals surface area contributed by atoms with E-state index in [1.165, 1.54) is 24.8 Å². The van der Waals surface area contributed by atoms with Crippen molar-refractivity contribution in [1.29, 1.82) is 0 Å². The van der Waals surface area contributed by atoms with Crippen LogP contribution in [0.2, 0.25) is 0 Å². The van der Waals surface area contributed by atoms with E-state index in [1.807, 2.05) is 11.8 Å². The van der Waals surface area contributed by atoms with Crippen LogP contribution >= 0.6 is 0 Å². The second-order valence-electron chi connectivity index (χ2n) is 8.41. The monoisotopic (exact) mass is 396 g/mol. The van der Waals surface area contributed by atoms with E-state index in [-0.39, 0.29) is 5.91 Å². The normalized spacial score (nSPS) is 20.5. The molecule has 1 saturated heterocycles. The van der Waals surface area contributed by atoms with Gasteiger partial charge in [-0.05, 0) is 33.1 Å². The molecular weight excluding hydrogens is 368 g/mol. The van der Waals surface area contributed by atoms with E-state index in [0.29, 0.717) is 30.1 Å². The fourth-order valence-electron chi connectivity index (χ4n) is 4.78. The van der Waals surface area contributed by atoms with Gasteiger partial charge in [-0.3, -0.25) is 9.69 Å². The molecule has 5 rings (SSSR count). The highest BCUT2D eigenvalue weighted by atomic mass is 16.5. The topological polar surface area (TPSA) is 78.6 Å². The molecule has 2 aromatic heterocycles. The van der Waals surface area contributed by atoms with E-state index >= 15 is 0 Å². The number of piperazine rings is 1. The number of aromatic nitrogens is 3. The summed E-state index contributed by atoms with van der Waals surface area (Å²) in [5, 5.41) is 3.92. The standard InChI is InChI=1S/C21H28N6O2/c1-14-19(15(2)29-24-14)21(28)27-7-6-17-18(12-27)22-13-23-20(17)26-10-8-25(9-11-26)16-4-3-5-16/h13,16H,3-12H2,1-2H3. The Hall–Kier alpha value is -2.48. The molecule has 0 N–H and O–H groups in total. The van der Waals surface area contributed by atoms with Gasteiger partial charge in [0.25, 0.3) is 5.91 Å². The van der Waals surface area contributed by atoms with Crippen LogP contribution in [0, 0.1) is 13.8 Å². The SMILES string of the molecule is Cc1noc(C)c1C(=O)N1CCc2c(ncnc2N2CCN(C3CCC3)CC2)C1. The summed E-state index contributed by atoms with van der Waals surface area (Å²) in [6.45, 7) is 9.03. The number of hydrogen-bond donors (Lipinski definition) is 0. The van der Waals surface area contributed by atoms with Crippen LogP contribution in [0.4, 0.5) is 5.82 Å². The van der Waals surface area contributed by atoms with E-state index in [1.54, 1.807) is 13.3 Å². The summed E-state index contributed by atoms with van der Waals surface area (Å²) >= 11 is 0. The summed E-state index contributed by atoms with van der Waals surface area (Å²) in [5.41, 5.74) is 3.39. The smallest absolute Gasteiger partial charge is 0.259 e. The largest absolute Gasteiger partial charge is 0.361 e. The number of carbonyl (C=O) groups excluding carboxylic acids is 1. The van der Waals surface area contributed by atoms with Gasteiger partial charge in [0.2, 0.25) is 0 Å². The first-order chi connectivity index (χ1) is 14.1. The third-order valence-corrected chi connectivity index (χ3v) is 6.72. The molecule has 0 spiro atoms. The van der Waals surface area contributed by atoms with Crippen molar-refractivity contribution < 1.29 is 9.32 Å². The quantitative estimate of drug-likeness (QED) is 0.785. The number of rotatable bonds is 3. The molecule has 8 nitrogen and oxygen atoms in total. The van der Waals surface area contributed by atoms with E-state index in [9.17, 15) is 4.79 Å². The van der Waals surface area contributed by atoms with Crippen molar-refractivity contribution in [1.82, 2.24) is 24.9 Å². The summed E-state index contributed by atoms with van der Waals surface area (Å²) in [6, 6.07) is 0.806. The van der Waals surface area contributed by atoms with Crippen LogP contribution in [0.5, 0.6) is 0 Å². The zero-order valence-corrected chi connectivity index (χ0v) is 17.2. The number of carbonyl (C=O) groups is 1. The van der Waals surface area contributed by atoms with Crippen LogP contribution in [-0.4, -0.2) is 69.6 Å². The van der Waals surface area contributed by atoms with Gasteiger partial charge in [-0.15, -0.1) is 0 Å². The van der Waals surface area contributed by atoms with Crippen LogP contribution < -0.4 is 4.90 Å². The average Bonchev–Trinajstić information content (AvgIpc) is 3.04. The Morgan fingerprint density at radius 1 is 1.10 bits per heavy atom. The molecular formula is C21H28N6O2. The van der Waals surface area contributed by atoms with Gasteiger partial charge in [0, 0.05) is 44.3 Å². The Balaban J connectivity index is 1.31. The van der Waals surface area contributed by atoms with Crippen molar-refractivity contribution in [3.05, 3.63) is 34.6 Å². The second kappa shape index (κ2) is 7.40. The number of hydrogen-bond acceptors (Lipinski definition) is 7. The minimum Gasteiger partial charge on any atom is -0.361 e. The number of aryl methyl sites for hydroxylation is 2. The van der Waals surface area contributed by atoms with Crippen LogP contribution in [0.15, 0.2) is 10.9 Å². The fourth-order valence-corrected chi connectivity index (χ4v) is 4.78. The Morgan fingerprint density at radius 3 is 2.55 bits per heavy atom. The zero-order chi connectivity index (χ0) is 20.0. The molecule has 1 saturated carbocycles. The summed E-state index contributed by atoms with van der Waals surface area (Å²) in [6.07, 6.45) is 6.53. The van der Waals surface area contributed by atoms with Crippen molar-refractivity contribution in [2.75, 3.05) is 37.6 Å². The van der Waals surface area contributed by atoms with Gasteiger partial charge in [0.1, 0.15) is 23.5 Å². The minimum absolute atomic E-state index is 0.0267. The maximum absolute atomic E-state index is 13.0. The Kier molecular flexibility index (Phi) is 4.73. The Morgan fingerprint density at radius 2 is 1.90 bits per heavy atom. The van der Waals surface area contributed by atoms with Gasteiger partial charge in [0.15, 0.2) is 0 Å². The van der Waals surface area contributed by atoms with Crippen molar-refractivity contribution in [3.8, 4) is 0 Å². The van der Waals surface area contributed by atoms with Crippen LogP contribution in [0.3, 0.4) is 0 Å². The molecule has 0 unspecified atom stereocenters. The Bertz CT molecular complexity index is 894. The maximum Gasteiger partial charge on any atom is 0.259 e. The lowest BCUT2D eigenvalue weighted by atomic mass is 9.91. The lowest BCUT2D eigenvalue weighted by molar-refractivity contribution is 0.0729. The highest BCUT2D eigenvalue weighted by Crippen LogP contribution is 2.30. The van der Waals surface area contributed by atoms with E-state index in [2.05, 4.69) is 24.9 Å². The van der Waals surface area contributed by atoms with Crippen molar-refractivity contribution >= 4 is 11.7 Å². The van der Waals surface area contributed by atoms with Gasteiger partial charge in [-0.1, -0.05) is 11.6 Å². The van der Waals surface area contributed by atoms with Crippen molar-refractivity contribution in [2.45, 2.75) is 52.1 Å². The zero-order valence-electron chi connectivity index (χ0n) is 17.2. The molecule has 2 fully saturated rings. The first-order valence-corrected chi connectivity index (χ1v) is 10.7. The highest BCUT2D eigenvalue weighted by molar-refractivity contribution is 5.96. The van der Waals surface area contributed by atoms with Gasteiger partial charge in [-0.2, -0.15) is 0 Å². The molecule has 0 aromatic carbocycles. The van der Waals surface area contributed by atoms with Gasteiger partial charge >= 0.3 is 0 Å². The molecule has 0 atom stereocenters. The molecule has 0 bridgehead atoms. The third kappa shape index (κ3) is 3.29. The molecule has 3 aliphatic rings. The number of nitrogens with zero attached hydrogens (tertiary/aromatic N) is 6. The molecule has 4 heterocycles. The maximum atomic E-state index is 13.0. The third-order valence-electron chi connectivity index (χ3n) is 6.72. The van der Waals surface area contributed by atoms with Crippen LogP contribution in [-0.2, 0) is 13.0 Å². The van der Waals surface area contributed by atoms with Gasteiger partial charge in [-0.25, -0.2) is 9.97 Å². The first-order valence-electron chi connectivity index (χ1n) is 10.7. The van der Waals surface area contributed by atoms with Gasteiger partial charge in [0.05, 0.1) is 17.9 Å². The molecule has 1 aliphatic carbocycles. The van der Waals surface area contributed by atoms with Crippen molar-refractivity contribution in [3.63, 3.8) is 0 Å². The average molecular weight is 396 g/mol. The number of amides is 1. The summed E-state index contributed by atoms with van der Waals surface area (Å²) < 4.78 is 5.18. The predicted octanol–water partition coefficient (Wildman–Crippen LogP) is 1.95. The fraction of sp³-hybridized carbons (Fsp3) is 0.619. The Labute approximate surface area is 170 Å². The first kappa shape index (κ1) is 18.5. The molecule has 154 valence electrons. The lowest BCUT2D eigenvalue weighted by Crippen LogP contribution is -2.52. The minimum atomic E-state index is -0.0267. The second-order valence-corrected chi connectivity index (χ2v) is 8.41. The van der Waals surface area contributed by atoms with Crippen LogP contribution in [0.1, 0.15) is 52.3 Å². The number of anilines is 1. The summed E-state index contributed by atoms with van der Waals surface area (Å²) in [4.78, 5) is 29.0. The van der Waals surface area contributed by atoms with Crippen molar-refractivity contribution in [2.24, 2.45) is 0 Å².